The normalized spacial score (nSPS) is 10.6. The lowest BCUT2D eigenvalue weighted by molar-refractivity contribution is -0.117. The van der Waals surface area contributed by atoms with E-state index in [1.807, 2.05) is 0 Å². The first kappa shape index (κ1) is 16.8. The van der Waals surface area contributed by atoms with Crippen molar-refractivity contribution < 1.29 is 14.0 Å². The molecule has 0 aliphatic rings. The number of nitrogens with one attached hydrogen (secondary N) is 2. The molecule has 25 heavy (non-hydrogen) atoms. The maximum atomic E-state index is 12.2. The number of benzene rings is 2. The van der Waals surface area contributed by atoms with Gasteiger partial charge in [-0.1, -0.05) is 23.7 Å². The van der Waals surface area contributed by atoms with E-state index in [2.05, 4.69) is 10.6 Å². The summed E-state index contributed by atoms with van der Waals surface area (Å²) in [5.74, 6) is -1.25. The Morgan fingerprint density at radius 2 is 1.92 bits per heavy atom. The zero-order valence-electron chi connectivity index (χ0n) is 13.2. The molecule has 3 aromatic rings. The first-order chi connectivity index (χ1) is 11.9. The second-order valence-corrected chi connectivity index (χ2v) is 5.75. The predicted molar refractivity (Wildman–Crippen MR) is 94.9 cm³/mol. The van der Waals surface area contributed by atoms with Crippen molar-refractivity contribution in [3.8, 4) is 0 Å². The number of rotatable bonds is 4. The fourth-order valence-electron chi connectivity index (χ4n) is 2.39. The van der Waals surface area contributed by atoms with Gasteiger partial charge in [0.25, 0.3) is 0 Å². The van der Waals surface area contributed by atoms with Gasteiger partial charge in [0.15, 0.2) is 5.58 Å². The molecule has 0 saturated carbocycles. The standard InChI is InChI=1S/C17H14ClN3O4/c1-10(22)19-13-7-6-11(8-12(13)18)20-16(23)9-21-14-4-2-3-5-15(14)25-17(21)24/h2-8H,9H2,1H3,(H,19,22)(H,20,23). The number of hydrogen-bond acceptors (Lipinski definition) is 4. The Morgan fingerprint density at radius 3 is 2.64 bits per heavy atom. The molecule has 0 saturated heterocycles. The molecule has 2 N–H and O–H groups in total. The van der Waals surface area contributed by atoms with Crippen LogP contribution in [0.5, 0.6) is 0 Å². The van der Waals surface area contributed by atoms with Gasteiger partial charge in [0, 0.05) is 12.6 Å². The second kappa shape index (κ2) is 6.82. The molecule has 2 amide bonds. The quantitative estimate of drug-likeness (QED) is 0.749. The Balaban J connectivity index is 1.76. The van der Waals surface area contributed by atoms with E-state index >= 15 is 0 Å². The van der Waals surface area contributed by atoms with Crippen LogP contribution in [0.2, 0.25) is 5.02 Å². The maximum absolute atomic E-state index is 12.2. The molecule has 0 aliphatic heterocycles. The number of oxazole rings is 1. The van der Waals surface area contributed by atoms with E-state index in [9.17, 15) is 14.4 Å². The van der Waals surface area contributed by atoms with E-state index in [1.54, 1.807) is 36.4 Å². The highest BCUT2D eigenvalue weighted by Gasteiger charge is 2.13. The third-order valence-electron chi connectivity index (χ3n) is 3.44. The largest absolute Gasteiger partial charge is 0.420 e. The zero-order valence-corrected chi connectivity index (χ0v) is 14.0. The Morgan fingerprint density at radius 1 is 1.16 bits per heavy atom. The summed E-state index contributed by atoms with van der Waals surface area (Å²) in [6.45, 7) is 1.18. The third kappa shape index (κ3) is 3.72. The number of fused-ring (bicyclic) bond motifs is 1. The molecule has 1 heterocycles. The highest BCUT2D eigenvalue weighted by molar-refractivity contribution is 6.34. The smallest absolute Gasteiger partial charge is 0.408 e. The average molecular weight is 360 g/mol. The SMILES string of the molecule is CC(=O)Nc1ccc(NC(=O)Cn2c(=O)oc3ccccc32)cc1Cl. The number of carbonyl (C=O) groups is 2. The van der Waals surface area contributed by atoms with Crippen molar-refractivity contribution in [2.75, 3.05) is 10.6 Å². The van der Waals surface area contributed by atoms with Gasteiger partial charge in [-0.25, -0.2) is 4.79 Å². The van der Waals surface area contributed by atoms with Gasteiger partial charge in [0.05, 0.1) is 16.2 Å². The molecule has 0 radical (unpaired) electrons. The molecular weight excluding hydrogens is 346 g/mol. The summed E-state index contributed by atoms with van der Waals surface area (Å²) in [7, 11) is 0. The molecule has 0 atom stereocenters. The van der Waals surface area contributed by atoms with Gasteiger partial charge >= 0.3 is 5.76 Å². The second-order valence-electron chi connectivity index (χ2n) is 5.35. The Hall–Kier alpha value is -3.06. The lowest BCUT2D eigenvalue weighted by Gasteiger charge is -2.09. The molecule has 8 heteroatoms. The first-order valence-electron chi connectivity index (χ1n) is 7.39. The molecule has 0 fully saturated rings. The van der Waals surface area contributed by atoms with E-state index in [-0.39, 0.29) is 12.5 Å². The van der Waals surface area contributed by atoms with Gasteiger partial charge in [-0.15, -0.1) is 0 Å². The van der Waals surface area contributed by atoms with Crippen LogP contribution < -0.4 is 16.4 Å². The third-order valence-corrected chi connectivity index (χ3v) is 3.75. The summed E-state index contributed by atoms with van der Waals surface area (Å²) in [4.78, 5) is 35.2. The topological polar surface area (TPSA) is 93.3 Å². The molecule has 0 spiro atoms. The van der Waals surface area contributed by atoms with Crippen LogP contribution in [0.3, 0.4) is 0 Å². The van der Waals surface area contributed by atoms with E-state index in [0.29, 0.717) is 27.5 Å². The molecule has 0 unspecified atom stereocenters. The summed E-state index contributed by atoms with van der Waals surface area (Å²) >= 11 is 6.07. The lowest BCUT2D eigenvalue weighted by Crippen LogP contribution is -2.24. The number of carbonyl (C=O) groups excluding carboxylic acids is 2. The minimum atomic E-state index is -0.601. The monoisotopic (exact) mass is 359 g/mol. The molecular formula is C17H14ClN3O4. The average Bonchev–Trinajstić information content (AvgIpc) is 2.86. The Kier molecular flexibility index (Phi) is 4.58. The fraction of sp³-hybridized carbons (Fsp3) is 0.118. The summed E-state index contributed by atoms with van der Waals surface area (Å²) in [5.41, 5.74) is 1.86. The number of aromatic nitrogens is 1. The zero-order chi connectivity index (χ0) is 18.0. The van der Waals surface area contributed by atoms with Crippen LogP contribution in [0, 0.1) is 0 Å². The van der Waals surface area contributed by atoms with Crippen molar-refractivity contribution in [2.24, 2.45) is 0 Å². The van der Waals surface area contributed by atoms with Gasteiger partial charge in [0.1, 0.15) is 6.54 Å². The number of nitrogens with zero attached hydrogens (tertiary/aromatic N) is 1. The van der Waals surface area contributed by atoms with Crippen molar-refractivity contribution in [1.82, 2.24) is 4.57 Å². The summed E-state index contributed by atoms with van der Waals surface area (Å²) in [6, 6.07) is 11.6. The van der Waals surface area contributed by atoms with E-state index in [1.165, 1.54) is 17.6 Å². The Bertz CT molecular complexity index is 1020. The van der Waals surface area contributed by atoms with Gasteiger partial charge in [0.2, 0.25) is 11.8 Å². The molecule has 1 aromatic heterocycles. The van der Waals surface area contributed by atoms with Crippen LogP contribution in [0.15, 0.2) is 51.7 Å². The van der Waals surface area contributed by atoms with Gasteiger partial charge in [-0.05, 0) is 30.3 Å². The van der Waals surface area contributed by atoms with Crippen LogP contribution in [-0.2, 0) is 16.1 Å². The van der Waals surface area contributed by atoms with Crippen molar-refractivity contribution in [1.29, 1.82) is 0 Å². The van der Waals surface area contributed by atoms with Crippen LogP contribution in [0.4, 0.5) is 11.4 Å². The van der Waals surface area contributed by atoms with Gasteiger partial charge in [-0.2, -0.15) is 0 Å². The first-order valence-corrected chi connectivity index (χ1v) is 7.77. The minimum absolute atomic E-state index is 0.194. The summed E-state index contributed by atoms with van der Waals surface area (Å²) in [6.07, 6.45) is 0. The van der Waals surface area contributed by atoms with E-state index in [0.717, 1.165) is 0 Å². The summed E-state index contributed by atoms with van der Waals surface area (Å²) in [5, 5.41) is 5.52. The number of para-hydroxylation sites is 2. The lowest BCUT2D eigenvalue weighted by atomic mass is 10.2. The van der Waals surface area contributed by atoms with Crippen LogP contribution in [0.25, 0.3) is 11.1 Å². The molecule has 3 rings (SSSR count). The fourth-order valence-corrected chi connectivity index (χ4v) is 2.62. The Labute approximate surface area is 147 Å². The molecule has 2 aromatic carbocycles. The molecule has 128 valence electrons. The van der Waals surface area contributed by atoms with E-state index < -0.39 is 11.7 Å². The molecule has 0 bridgehead atoms. The van der Waals surface area contributed by atoms with E-state index in [4.69, 9.17) is 16.0 Å². The highest BCUT2D eigenvalue weighted by atomic mass is 35.5. The van der Waals surface area contributed by atoms with Crippen molar-refractivity contribution in [3.05, 3.63) is 58.0 Å². The highest BCUT2D eigenvalue weighted by Crippen LogP contribution is 2.25. The van der Waals surface area contributed by atoms with Gasteiger partial charge in [-0.3, -0.25) is 14.2 Å². The number of anilines is 2. The van der Waals surface area contributed by atoms with Gasteiger partial charge < -0.3 is 15.1 Å². The van der Waals surface area contributed by atoms with Crippen LogP contribution in [0.1, 0.15) is 6.92 Å². The van der Waals surface area contributed by atoms with Crippen molar-refractivity contribution >= 4 is 45.9 Å². The number of hydrogen-bond donors (Lipinski definition) is 2. The van der Waals surface area contributed by atoms with Crippen molar-refractivity contribution in [2.45, 2.75) is 13.5 Å². The van der Waals surface area contributed by atoms with Crippen LogP contribution >= 0.6 is 11.6 Å². The predicted octanol–water partition coefficient (Wildman–Crippen LogP) is 2.85. The summed E-state index contributed by atoms with van der Waals surface area (Å²) < 4.78 is 6.34. The maximum Gasteiger partial charge on any atom is 0.420 e. The molecule has 7 nitrogen and oxygen atoms in total. The van der Waals surface area contributed by atoms with Crippen LogP contribution in [-0.4, -0.2) is 16.4 Å². The molecule has 0 aliphatic carbocycles. The van der Waals surface area contributed by atoms with Crippen molar-refractivity contribution in [3.63, 3.8) is 0 Å². The number of halogens is 1. The number of amides is 2. The minimum Gasteiger partial charge on any atom is -0.408 e.